The van der Waals surface area contributed by atoms with E-state index in [1.165, 1.54) is 5.56 Å². The largest absolute Gasteiger partial charge is 0.489 e. The molecule has 112 valence electrons. The lowest BCUT2D eigenvalue weighted by Gasteiger charge is -2.10. The Kier molecular flexibility index (Phi) is 5.92. The molecule has 2 aromatic rings. The van der Waals surface area contributed by atoms with Crippen molar-refractivity contribution in [2.45, 2.75) is 32.4 Å². The molecule has 0 radical (unpaired) electrons. The van der Waals surface area contributed by atoms with Crippen LogP contribution in [0.2, 0.25) is 10.0 Å². The van der Waals surface area contributed by atoms with E-state index in [9.17, 15) is 0 Å². The second-order valence-corrected chi connectivity index (χ2v) is 5.87. The number of hydrogen-bond donors (Lipinski definition) is 1. The molecule has 1 unspecified atom stereocenters. The maximum absolute atomic E-state index is 5.98. The van der Waals surface area contributed by atoms with E-state index in [0.29, 0.717) is 16.7 Å². The van der Waals surface area contributed by atoms with Crippen LogP contribution in [0.4, 0.5) is 0 Å². The van der Waals surface area contributed by atoms with E-state index in [1.807, 2.05) is 24.3 Å². The minimum Gasteiger partial charge on any atom is -0.489 e. The molecule has 2 rings (SSSR count). The molecule has 0 aromatic heterocycles. The van der Waals surface area contributed by atoms with Crippen LogP contribution < -0.4 is 10.5 Å². The maximum atomic E-state index is 5.98. The molecule has 0 aliphatic rings. The highest BCUT2D eigenvalue weighted by Gasteiger charge is 2.03. The van der Waals surface area contributed by atoms with Crippen molar-refractivity contribution in [2.24, 2.45) is 5.73 Å². The minimum atomic E-state index is 0.216. The van der Waals surface area contributed by atoms with Crippen molar-refractivity contribution < 1.29 is 4.74 Å². The Morgan fingerprint density at radius 1 is 1.00 bits per heavy atom. The summed E-state index contributed by atoms with van der Waals surface area (Å²) in [4.78, 5) is 0. The van der Waals surface area contributed by atoms with Crippen molar-refractivity contribution in [1.29, 1.82) is 0 Å². The highest BCUT2D eigenvalue weighted by atomic mass is 35.5. The molecule has 0 heterocycles. The molecule has 0 saturated carbocycles. The van der Waals surface area contributed by atoms with Gasteiger partial charge in [0.25, 0.3) is 0 Å². The molecule has 0 saturated heterocycles. The molecule has 0 amide bonds. The summed E-state index contributed by atoms with van der Waals surface area (Å²) in [7, 11) is 0. The van der Waals surface area contributed by atoms with Crippen LogP contribution in [0.1, 0.15) is 24.5 Å². The highest BCUT2D eigenvalue weighted by molar-refractivity contribution is 6.42. The lowest BCUT2D eigenvalue weighted by molar-refractivity contribution is 0.306. The summed E-state index contributed by atoms with van der Waals surface area (Å²) in [6, 6.07) is 13.8. The Labute approximate surface area is 135 Å². The van der Waals surface area contributed by atoms with Gasteiger partial charge in [-0.25, -0.2) is 0 Å². The first-order chi connectivity index (χ1) is 10.1. The molecule has 0 aliphatic heterocycles. The zero-order chi connectivity index (χ0) is 15.2. The zero-order valence-electron chi connectivity index (χ0n) is 12.0. The number of nitrogens with two attached hydrogens (primary N) is 1. The number of rotatable bonds is 6. The molecule has 2 aromatic carbocycles. The maximum Gasteiger partial charge on any atom is 0.119 e. The Bertz CT molecular complexity index is 584. The molecule has 0 spiro atoms. The van der Waals surface area contributed by atoms with Gasteiger partial charge in [-0.3, -0.25) is 0 Å². The van der Waals surface area contributed by atoms with E-state index in [0.717, 1.165) is 24.2 Å². The van der Waals surface area contributed by atoms with Crippen LogP contribution in [0.3, 0.4) is 0 Å². The van der Waals surface area contributed by atoms with Crippen LogP contribution in [0.25, 0.3) is 0 Å². The van der Waals surface area contributed by atoms with Gasteiger partial charge in [0.1, 0.15) is 12.4 Å². The normalized spacial score (nSPS) is 12.2. The van der Waals surface area contributed by atoms with E-state index in [2.05, 4.69) is 19.1 Å². The van der Waals surface area contributed by atoms with Crippen molar-refractivity contribution in [2.75, 3.05) is 0 Å². The molecule has 21 heavy (non-hydrogen) atoms. The predicted molar refractivity (Wildman–Crippen MR) is 89.2 cm³/mol. The van der Waals surface area contributed by atoms with Crippen LogP contribution in [-0.2, 0) is 13.0 Å². The lowest BCUT2D eigenvalue weighted by Crippen LogP contribution is -2.21. The summed E-state index contributed by atoms with van der Waals surface area (Å²) in [6.45, 7) is 2.56. The van der Waals surface area contributed by atoms with Crippen molar-refractivity contribution in [1.82, 2.24) is 0 Å². The lowest BCUT2D eigenvalue weighted by atomic mass is 10.0. The van der Waals surface area contributed by atoms with Crippen LogP contribution in [0.5, 0.6) is 5.75 Å². The van der Waals surface area contributed by atoms with Gasteiger partial charge in [0.05, 0.1) is 10.0 Å². The summed E-state index contributed by atoms with van der Waals surface area (Å²) >= 11 is 11.9. The van der Waals surface area contributed by atoms with Gasteiger partial charge in [0.2, 0.25) is 0 Å². The van der Waals surface area contributed by atoms with E-state index < -0.39 is 0 Å². The Hall–Kier alpha value is -1.22. The summed E-state index contributed by atoms with van der Waals surface area (Å²) < 4.78 is 5.74. The van der Waals surface area contributed by atoms with Crippen LogP contribution in [-0.4, -0.2) is 6.04 Å². The quantitative estimate of drug-likeness (QED) is 0.824. The van der Waals surface area contributed by atoms with Crippen molar-refractivity contribution in [3.8, 4) is 5.75 Å². The fourth-order valence-electron chi connectivity index (χ4n) is 1.96. The van der Waals surface area contributed by atoms with Crippen molar-refractivity contribution >= 4 is 23.2 Å². The van der Waals surface area contributed by atoms with Crippen molar-refractivity contribution in [3.05, 3.63) is 63.6 Å². The summed E-state index contributed by atoms with van der Waals surface area (Å²) in [5.74, 6) is 0.829. The minimum absolute atomic E-state index is 0.216. The fraction of sp³-hybridized carbons (Fsp3) is 0.294. The van der Waals surface area contributed by atoms with Gasteiger partial charge in [-0.2, -0.15) is 0 Å². The van der Waals surface area contributed by atoms with E-state index in [4.69, 9.17) is 33.7 Å². The molecular formula is C17H19Cl2NO. The first-order valence-corrected chi connectivity index (χ1v) is 7.75. The SMILES string of the molecule is CCC(N)Cc1ccc(OCc2ccc(Cl)c(Cl)c2)cc1. The molecule has 4 heteroatoms. The first kappa shape index (κ1) is 16.2. The monoisotopic (exact) mass is 323 g/mol. The molecule has 0 bridgehead atoms. The predicted octanol–water partition coefficient (Wildman–Crippen LogP) is 4.85. The van der Waals surface area contributed by atoms with Gasteiger partial charge in [-0.15, -0.1) is 0 Å². The highest BCUT2D eigenvalue weighted by Crippen LogP contribution is 2.23. The van der Waals surface area contributed by atoms with E-state index in [-0.39, 0.29) is 6.04 Å². The number of benzene rings is 2. The second kappa shape index (κ2) is 7.69. The third-order valence-electron chi connectivity index (χ3n) is 3.34. The average molecular weight is 324 g/mol. The molecule has 0 aliphatic carbocycles. The van der Waals surface area contributed by atoms with E-state index in [1.54, 1.807) is 6.07 Å². The van der Waals surface area contributed by atoms with Gasteiger partial charge in [0.15, 0.2) is 0 Å². The molecule has 2 N–H and O–H groups in total. The zero-order valence-corrected chi connectivity index (χ0v) is 13.5. The summed E-state index contributed by atoms with van der Waals surface area (Å²) in [6.07, 6.45) is 1.87. The van der Waals surface area contributed by atoms with E-state index >= 15 is 0 Å². The molecular weight excluding hydrogens is 305 g/mol. The number of hydrogen-bond acceptors (Lipinski definition) is 2. The van der Waals surface area contributed by atoms with Gasteiger partial charge >= 0.3 is 0 Å². The Balaban J connectivity index is 1.92. The van der Waals surface area contributed by atoms with Crippen LogP contribution in [0, 0.1) is 0 Å². The third-order valence-corrected chi connectivity index (χ3v) is 4.07. The van der Waals surface area contributed by atoms with Gasteiger partial charge < -0.3 is 10.5 Å². The smallest absolute Gasteiger partial charge is 0.119 e. The standard InChI is InChI=1S/C17H19Cl2NO/c1-2-14(20)9-12-3-6-15(7-4-12)21-11-13-5-8-16(18)17(19)10-13/h3-8,10,14H,2,9,11,20H2,1H3. The number of halogens is 2. The summed E-state index contributed by atoms with van der Waals surface area (Å²) in [5, 5.41) is 1.10. The first-order valence-electron chi connectivity index (χ1n) is 6.99. The van der Waals surface area contributed by atoms with Crippen molar-refractivity contribution in [3.63, 3.8) is 0 Å². The Morgan fingerprint density at radius 3 is 2.29 bits per heavy atom. The topological polar surface area (TPSA) is 35.2 Å². The molecule has 0 fully saturated rings. The van der Waals surface area contributed by atoms with Gasteiger partial charge in [-0.05, 0) is 48.2 Å². The average Bonchev–Trinajstić information content (AvgIpc) is 2.50. The number of ether oxygens (including phenoxy) is 1. The van der Waals surface area contributed by atoms with Crippen LogP contribution >= 0.6 is 23.2 Å². The second-order valence-electron chi connectivity index (χ2n) is 5.05. The fourth-order valence-corrected chi connectivity index (χ4v) is 2.29. The third kappa shape index (κ3) is 4.92. The molecule has 2 nitrogen and oxygen atoms in total. The summed E-state index contributed by atoms with van der Waals surface area (Å²) in [5.41, 5.74) is 8.17. The van der Waals surface area contributed by atoms with Gasteiger partial charge in [-0.1, -0.05) is 48.3 Å². The van der Waals surface area contributed by atoms with Gasteiger partial charge in [0, 0.05) is 6.04 Å². The van der Waals surface area contributed by atoms with Crippen LogP contribution in [0.15, 0.2) is 42.5 Å². The molecule has 1 atom stereocenters. The Morgan fingerprint density at radius 2 is 1.67 bits per heavy atom.